The Morgan fingerprint density at radius 2 is 2.05 bits per heavy atom. The van der Waals surface area contributed by atoms with Crippen LogP contribution in [-0.4, -0.2) is 67.7 Å². The van der Waals surface area contributed by atoms with Gasteiger partial charge in [-0.05, 0) is 31.3 Å². The molecule has 0 aliphatic carbocycles. The largest absolute Gasteiger partial charge is 0.489 e. The van der Waals surface area contributed by atoms with Crippen LogP contribution >= 0.6 is 0 Å². The molecule has 1 aromatic carbocycles. The highest BCUT2D eigenvalue weighted by Crippen LogP contribution is 2.20. The molecule has 1 amide bonds. The van der Waals surface area contributed by atoms with E-state index in [1.54, 1.807) is 17.0 Å². The van der Waals surface area contributed by atoms with Crippen molar-refractivity contribution in [3.63, 3.8) is 0 Å². The van der Waals surface area contributed by atoms with Gasteiger partial charge in [-0.3, -0.25) is 4.79 Å². The molecule has 22 heavy (non-hydrogen) atoms. The van der Waals surface area contributed by atoms with Crippen LogP contribution in [0.5, 0.6) is 5.75 Å². The topological polar surface area (TPSA) is 42.0 Å². The average Bonchev–Trinajstić information content (AvgIpc) is 2.97. The molecule has 1 aromatic rings. The number of likely N-dealkylation sites (tertiary alicyclic amines) is 1. The Kier molecular flexibility index (Phi) is 4.59. The van der Waals surface area contributed by atoms with Gasteiger partial charge in [-0.2, -0.15) is 0 Å². The number of benzene rings is 1. The summed E-state index contributed by atoms with van der Waals surface area (Å²) in [7, 11) is 1.99. The average molecular weight is 308 g/mol. The van der Waals surface area contributed by atoms with Crippen molar-refractivity contribution >= 4 is 5.91 Å². The summed E-state index contributed by atoms with van der Waals surface area (Å²) in [5, 5.41) is 0. The minimum atomic E-state index is -0.372. The van der Waals surface area contributed by atoms with Crippen LogP contribution in [-0.2, 0) is 9.53 Å². The van der Waals surface area contributed by atoms with Gasteiger partial charge in [0.25, 0.3) is 5.91 Å². The Balaban J connectivity index is 1.53. The summed E-state index contributed by atoms with van der Waals surface area (Å²) in [6, 6.07) is 5.97. The lowest BCUT2D eigenvalue weighted by atomic mass is 10.2. The van der Waals surface area contributed by atoms with Crippen LogP contribution in [0.3, 0.4) is 0 Å². The summed E-state index contributed by atoms with van der Waals surface area (Å²) in [6.45, 7) is 3.32. The number of rotatable bonds is 3. The van der Waals surface area contributed by atoms with Crippen LogP contribution < -0.4 is 4.74 Å². The summed E-state index contributed by atoms with van der Waals surface area (Å²) in [6.07, 6.45) is 0.366. The number of morpholine rings is 1. The van der Waals surface area contributed by atoms with Crippen molar-refractivity contribution in [2.45, 2.75) is 18.6 Å². The van der Waals surface area contributed by atoms with E-state index < -0.39 is 0 Å². The molecule has 5 nitrogen and oxygen atoms in total. The van der Waals surface area contributed by atoms with Crippen LogP contribution in [0, 0.1) is 5.82 Å². The summed E-state index contributed by atoms with van der Waals surface area (Å²) in [5.74, 6) is 0.389. The van der Waals surface area contributed by atoms with E-state index in [4.69, 9.17) is 9.47 Å². The van der Waals surface area contributed by atoms with Gasteiger partial charge in [0, 0.05) is 26.1 Å². The van der Waals surface area contributed by atoms with Gasteiger partial charge in [0.05, 0.1) is 13.2 Å². The van der Waals surface area contributed by atoms with Gasteiger partial charge in [-0.15, -0.1) is 0 Å². The van der Waals surface area contributed by atoms with Crippen molar-refractivity contribution in [1.82, 2.24) is 9.80 Å². The molecule has 0 bridgehead atoms. The Bertz CT molecular complexity index is 523. The Hall–Kier alpha value is -1.66. The van der Waals surface area contributed by atoms with Crippen molar-refractivity contribution in [2.75, 3.05) is 39.8 Å². The smallest absolute Gasteiger partial charge is 0.253 e. The second-order valence-corrected chi connectivity index (χ2v) is 5.89. The van der Waals surface area contributed by atoms with E-state index in [9.17, 15) is 9.18 Å². The third-order valence-corrected chi connectivity index (χ3v) is 4.12. The van der Waals surface area contributed by atoms with Gasteiger partial charge in [-0.1, -0.05) is 0 Å². The Morgan fingerprint density at radius 3 is 2.77 bits per heavy atom. The first-order valence-electron chi connectivity index (χ1n) is 7.63. The number of hydrogen-bond acceptors (Lipinski definition) is 4. The van der Waals surface area contributed by atoms with Crippen LogP contribution in [0.25, 0.3) is 0 Å². The first-order chi connectivity index (χ1) is 10.6. The van der Waals surface area contributed by atoms with E-state index in [-0.39, 0.29) is 23.9 Å². The van der Waals surface area contributed by atoms with Crippen molar-refractivity contribution < 1.29 is 18.7 Å². The minimum Gasteiger partial charge on any atom is -0.489 e. The maximum atomic E-state index is 12.9. The summed E-state index contributed by atoms with van der Waals surface area (Å²) in [4.78, 5) is 16.4. The van der Waals surface area contributed by atoms with Crippen molar-refractivity contribution in [2.24, 2.45) is 0 Å². The standard InChI is InChI=1S/C16H21FN2O3/c1-18-8-9-21-15(11-18)16(20)19-7-6-14(10-19)22-13-4-2-12(17)3-5-13/h2-5,14-15H,6-11H2,1H3/t14-,15+/m0/s1. The summed E-state index contributed by atoms with van der Waals surface area (Å²) < 4.78 is 24.3. The zero-order valence-corrected chi connectivity index (χ0v) is 12.7. The second kappa shape index (κ2) is 6.62. The molecule has 3 rings (SSSR count). The zero-order valence-electron chi connectivity index (χ0n) is 12.7. The van der Waals surface area contributed by atoms with Crippen LogP contribution in [0.15, 0.2) is 24.3 Å². The second-order valence-electron chi connectivity index (χ2n) is 5.89. The molecule has 0 aromatic heterocycles. The van der Waals surface area contributed by atoms with Gasteiger partial charge in [-0.25, -0.2) is 4.39 Å². The Morgan fingerprint density at radius 1 is 1.27 bits per heavy atom. The number of carbonyl (C=O) groups is 1. The van der Waals surface area contributed by atoms with Gasteiger partial charge in [0.15, 0.2) is 0 Å². The van der Waals surface area contributed by atoms with E-state index in [1.807, 2.05) is 7.05 Å². The number of hydrogen-bond donors (Lipinski definition) is 0. The zero-order chi connectivity index (χ0) is 15.5. The van der Waals surface area contributed by atoms with E-state index >= 15 is 0 Å². The number of ether oxygens (including phenoxy) is 2. The normalized spacial score (nSPS) is 26.2. The molecule has 2 saturated heterocycles. The van der Waals surface area contributed by atoms with E-state index in [0.29, 0.717) is 32.0 Å². The predicted molar refractivity (Wildman–Crippen MR) is 79.3 cm³/mol. The summed E-state index contributed by atoms with van der Waals surface area (Å²) in [5.41, 5.74) is 0. The van der Waals surface area contributed by atoms with Gasteiger partial charge in [0.2, 0.25) is 0 Å². The van der Waals surface area contributed by atoms with Gasteiger partial charge < -0.3 is 19.3 Å². The predicted octanol–water partition coefficient (Wildman–Crippen LogP) is 1.14. The fraction of sp³-hybridized carbons (Fsp3) is 0.562. The van der Waals surface area contributed by atoms with Crippen molar-refractivity contribution in [3.05, 3.63) is 30.1 Å². The lowest BCUT2D eigenvalue weighted by Crippen LogP contribution is -2.49. The summed E-state index contributed by atoms with van der Waals surface area (Å²) >= 11 is 0. The van der Waals surface area contributed by atoms with Gasteiger partial charge >= 0.3 is 0 Å². The highest BCUT2D eigenvalue weighted by molar-refractivity contribution is 5.81. The van der Waals surface area contributed by atoms with Gasteiger partial charge in [0.1, 0.15) is 23.8 Å². The number of carbonyl (C=O) groups excluding carboxylic acids is 1. The first-order valence-corrected chi connectivity index (χ1v) is 7.63. The molecule has 2 atom stereocenters. The maximum Gasteiger partial charge on any atom is 0.253 e. The van der Waals surface area contributed by atoms with Crippen molar-refractivity contribution in [1.29, 1.82) is 0 Å². The molecular weight excluding hydrogens is 287 g/mol. The molecule has 2 fully saturated rings. The fourth-order valence-corrected chi connectivity index (χ4v) is 2.86. The third kappa shape index (κ3) is 3.56. The molecule has 2 aliphatic rings. The highest BCUT2D eigenvalue weighted by atomic mass is 19.1. The molecule has 6 heteroatoms. The van der Waals surface area contributed by atoms with Crippen LogP contribution in [0.4, 0.5) is 4.39 Å². The molecule has 2 heterocycles. The van der Waals surface area contributed by atoms with Crippen molar-refractivity contribution in [3.8, 4) is 5.75 Å². The van der Waals surface area contributed by atoms with E-state index in [1.165, 1.54) is 12.1 Å². The molecule has 2 aliphatic heterocycles. The van der Waals surface area contributed by atoms with Crippen LogP contribution in [0.1, 0.15) is 6.42 Å². The molecule has 0 unspecified atom stereocenters. The number of nitrogens with zero attached hydrogens (tertiary/aromatic N) is 2. The Labute approximate surface area is 129 Å². The molecule has 0 spiro atoms. The number of halogens is 1. The minimum absolute atomic E-state index is 0.0387. The quantitative estimate of drug-likeness (QED) is 0.840. The number of likely N-dealkylation sites (N-methyl/N-ethyl adjacent to an activating group) is 1. The lowest BCUT2D eigenvalue weighted by Gasteiger charge is -2.31. The molecular formula is C16H21FN2O3. The van der Waals surface area contributed by atoms with E-state index in [2.05, 4.69) is 4.90 Å². The molecule has 120 valence electrons. The highest BCUT2D eigenvalue weighted by Gasteiger charge is 2.34. The lowest BCUT2D eigenvalue weighted by molar-refractivity contribution is -0.148. The SMILES string of the molecule is CN1CCO[C@@H](C(=O)N2CC[C@H](Oc3ccc(F)cc3)C2)C1. The monoisotopic (exact) mass is 308 g/mol. The molecule has 0 saturated carbocycles. The van der Waals surface area contributed by atoms with Crippen LogP contribution in [0.2, 0.25) is 0 Å². The maximum absolute atomic E-state index is 12.9. The molecule has 0 N–H and O–H groups in total. The number of amides is 1. The molecule has 0 radical (unpaired) electrons. The fourth-order valence-electron chi connectivity index (χ4n) is 2.86. The van der Waals surface area contributed by atoms with E-state index in [0.717, 1.165) is 13.0 Å². The first kappa shape index (κ1) is 15.2. The third-order valence-electron chi connectivity index (χ3n) is 4.12.